The Morgan fingerprint density at radius 3 is 2.63 bits per heavy atom. The van der Waals surface area contributed by atoms with Gasteiger partial charge in [-0.3, -0.25) is 8.86 Å². The fourth-order valence-corrected chi connectivity index (χ4v) is 6.48. The topological polar surface area (TPSA) is 118 Å². The van der Waals surface area contributed by atoms with E-state index in [4.69, 9.17) is 15.8 Å². The molecule has 11 nitrogen and oxygen atoms in total. The molecule has 2 aliphatic heterocycles. The van der Waals surface area contributed by atoms with Gasteiger partial charge in [0.15, 0.2) is 11.0 Å². The third-order valence-corrected chi connectivity index (χ3v) is 8.71. The summed E-state index contributed by atoms with van der Waals surface area (Å²) in [5.74, 6) is 2.01. The molecule has 5 heterocycles. The number of aromatic nitrogens is 5. The molecule has 4 aromatic rings. The minimum atomic E-state index is -3.61. The fraction of sp³-hybridized carbons (Fsp3) is 0.360. The van der Waals surface area contributed by atoms with E-state index < -0.39 is 10.3 Å². The van der Waals surface area contributed by atoms with Gasteiger partial charge in [-0.1, -0.05) is 31.5 Å². The summed E-state index contributed by atoms with van der Waals surface area (Å²) >= 11 is 6.23. The quantitative estimate of drug-likeness (QED) is 0.380. The molecule has 198 valence electrons. The van der Waals surface area contributed by atoms with Crippen molar-refractivity contribution in [3.8, 4) is 11.4 Å². The molecule has 0 bridgehead atoms. The van der Waals surface area contributed by atoms with Gasteiger partial charge in [0, 0.05) is 56.3 Å². The molecule has 0 aliphatic carbocycles. The third-order valence-electron chi connectivity index (χ3n) is 6.91. The maximum atomic E-state index is 12.1. The maximum Gasteiger partial charge on any atom is 0.338 e. The molecule has 2 saturated heterocycles. The van der Waals surface area contributed by atoms with Crippen LogP contribution in [0.2, 0.25) is 5.15 Å². The van der Waals surface area contributed by atoms with E-state index in [0.717, 1.165) is 16.5 Å². The van der Waals surface area contributed by atoms with Crippen LogP contribution < -0.4 is 10.2 Å². The van der Waals surface area contributed by atoms with Gasteiger partial charge in [0.2, 0.25) is 0 Å². The number of nitrogens with zero attached hydrogens (tertiary/aromatic N) is 7. The highest BCUT2D eigenvalue weighted by molar-refractivity contribution is 7.84. The lowest BCUT2D eigenvalue weighted by Crippen LogP contribution is -2.59. The molecule has 1 aromatic carbocycles. The summed E-state index contributed by atoms with van der Waals surface area (Å²) < 4.78 is 32.2. The van der Waals surface area contributed by atoms with Crippen LogP contribution in [0.3, 0.4) is 0 Å². The van der Waals surface area contributed by atoms with Crippen molar-refractivity contribution in [3.05, 3.63) is 53.6 Å². The van der Waals surface area contributed by atoms with E-state index in [2.05, 4.69) is 56.2 Å². The van der Waals surface area contributed by atoms with Crippen LogP contribution in [0.15, 0.2) is 42.9 Å². The summed E-state index contributed by atoms with van der Waals surface area (Å²) in [5, 5.41) is 9.89. The molecule has 2 fully saturated rings. The zero-order valence-electron chi connectivity index (χ0n) is 21.2. The molecule has 0 saturated carbocycles. The summed E-state index contributed by atoms with van der Waals surface area (Å²) in [6, 6.07) is 7.96. The molecule has 13 heteroatoms. The van der Waals surface area contributed by atoms with Crippen LogP contribution >= 0.6 is 11.6 Å². The Morgan fingerprint density at radius 2 is 1.95 bits per heavy atom. The minimum absolute atomic E-state index is 0.0866. The van der Waals surface area contributed by atoms with Crippen LogP contribution in [0, 0.1) is 0 Å². The Labute approximate surface area is 225 Å². The standard InChI is InChI=1S/C25H27ClN8O3S/c1-15(2)17-4-5-21(33-12-16(13-33)34-8-9-37-38(34,35)36)19-11-28-23(10-18(17)19)29-22-6-7-27-25(30-22)20-14-32(3)31-24(20)26/h4-7,10-11,14-16H,8-9,12-13H2,1-3H3,(H,27,28,29,30). The third kappa shape index (κ3) is 4.47. The molecule has 0 unspecified atom stereocenters. The first kappa shape index (κ1) is 25.0. The largest absolute Gasteiger partial charge is 0.368 e. The smallest absolute Gasteiger partial charge is 0.338 e. The summed E-state index contributed by atoms with van der Waals surface area (Å²) in [4.78, 5) is 15.8. The van der Waals surface area contributed by atoms with Crippen LogP contribution in [-0.2, 0) is 21.5 Å². The Kier molecular flexibility index (Phi) is 6.22. The molecular formula is C25H27ClN8O3S. The average Bonchev–Trinajstić information content (AvgIpc) is 3.37. The normalized spacial score (nSPS) is 17.9. The van der Waals surface area contributed by atoms with Gasteiger partial charge in [0.05, 0.1) is 18.2 Å². The van der Waals surface area contributed by atoms with E-state index in [1.54, 1.807) is 30.2 Å². The highest BCUT2D eigenvalue weighted by Gasteiger charge is 2.42. The number of rotatable bonds is 6. The van der Waals surface area contributed by atoms with E-state index in [1.807, 2.05) is 12.3 Å². The van der Waals surface area contributed by atoms with E-state index in [1.165, 1.54) is 9.87 Å². The predicted octanol–water partition coefficient (Wildman–Crippen LogP) is 3.71. The second-order valence-electron chi connectivity index (χ2n) is 9.79. The average molecular weight is 555 g/mol. The first-order chi connectivity index (χ1) is 18.2. The summed E-state index contributed by atoms with van der Waals surface area (Å²) in [6.45, 7) is 6.16. The Hall–Kier alpha value is -3.32. The molecule has 0 radical (unpaired) electrons. The summed E-state index contributed by atoms with van der Waals surface area (Å²) in [5.41, 5.74) is 2.89. The zero-order valence-corrected chi connectivity index (χ0v) is 22.7. The van der Waals surface area contributed by atoms with Gasteiger partial charge in [0.1, 0.15) is 11.6 Å². The lowest BCUT2D eigenvalue weighted by molar-refractivity contribution is 0.293. The van der Waals surface area contributed by atoms with Gasteiger partial charge in [-0.15, -0.1) is 0 Å². The van der Waals surface area contributed by atoms with Crippen molar-refractivity contribution in [3.63, 3.8) is 0 Å². The van der Waals surface area contributed by atoms with Gasteiger partial charge in [-0.2, -0.15) is 17.8 Å². The van der Waals surface area contributed by atoms with Gasteiger partial charge in [0.25, 0.3) is 0 Å². The lowest BCUT2D eigenvalue weighted by atomic mass is 9.94. The maximum absolute atomic E-state index is 12.1. The van der Waals surface area contributed by atoms with E-state index >= 15 is 0 Å². The second kappa shape index (κ2) is 9.45. The van der Waals surface area contributed by atoms with E-state index in [9.17, 15) is 8.42 Å². The van der Waals surface area contributed by atoms with Crippen molar-refractivity contribution >= 4 is 50.0 Å². The number of nitrogens with one attached hydrogen (secondary N) is 1. The van der Waals surface area contributed by atoms with Gasteiger partial charge >= 0.3 is 10.3 Å². The van der Waals surface area contributed by atoms with Crippen LogP contribution in [0.25, 0.3) is 22.2 Å². The van der Waals surface area contributed by atoms with E-state index in [0.29, 0.717) is 53.7 Å². The Morgan fingerprint density at radius 1 is 1.13 bits per heavy atom. The van der Waals surface area contributed by atoms with Gasteiger partial charge in [-0.25, -0.2) is 15.0 Å². The Balaban J connectivity index is 1.29. The lowest BCUT2D eigenvalue weighted by Gasteiger charge is -2.44. The van der Waals surface area contributed by atoms with Crippen molar-refractivity contribution < 1.29 is 12.6 Å². The highest BCUT2D eigenvalue weighted by atomic mass is 35.5. The first-order valence-electron chi connectivity index (χ1n) is 12.3. The minimum Gasteiger partial charge on any atom is -0.368 e. The number of halogens is 1. The molecule has 0 amide bonds. The van der Waals surface area contributed by atoms with Crippen LogP contribution in [0.5, 0.6) is 0 Å². The Bertz CT molecular complexity index is 1640. The molecule has 0 spiro atoms. The number of aryl methyl sites for hydroxylation is 1. The van der Waals surface area contributed by atoms with Crippen molar-refractivity contribution in [1.29, 1.82) is 0 Å². The van der Waals surface area contributed by atoms with Crippen molar-refractivity contribution in [1.82, 2.24) is 29.0 Å². The zero-order chi connectivity index (χ0) is 26.6. The molecule has 3 aromatic heterocycles. The van der Waals surface area contributed by atoms with Gasteiger partial charge in [-0.05, 0) is 35.1 Å². The highest BCUT2D eigenvalue weighted by Crippen LogP contribution is 2.37. The van der Waals surface area contributed by atoms with Crippen molar-refractivity contribution in [2.45, 2.75) is 25.8 Å². The fourth-order valence-electron chi connectivity index (χ4n) is 5.01. The van der Waals surface area contributed by atoms with Crippen LogP contribution in [0.1, 0.15) is 25.3 Å². The van der Waals surface area contributed by atoms with Crippen LogP contribution in [0.4, 0.5) is 17.3 Å². The SMILES string of the molecule is CC(C)c1ccc(N2CC(N3CCOS3(=O)=O)C2)c2cnc(Nc3ccnc(-c4cn(C)nc4Cl)n3)cc12. The van der Waals surface area contributed by atoms with Crippen molar-refractivity contribution in [2.75, 3.05) is 36.5 Å². The molecule has 2 aliphatic rings. The van der Waals surface area contributed by atoms with Gasteiger partial charge < -0.3 is 10.2 Å². The number of pyridine rings is 1. The number of benzene rings is 1. The number of fused-ring (bicyclic) bond motifs is 1. The molecule has 1 N–H and O–H groups in total. The molecule has 0 atom stereocenters. The van der Waals surface area contributed by atoms with Crippen LogP contribution in [-0.4, -0.2) is 69.7 Å². The molecular weight excluding hydrogens is 528 g/mol. The first-order valence-corrected chi connectivity index (χ1v) is 14.1. The second-order valence-corrected chi connectivity index (χ2v) is 11.7. The summed E-state index contributed by atoms with van der Waals surface area (Å²) in [6.07, 6.45) is 5.30. The van der Waals surface area contributed by atoms with Crippen molar-refractivity contribution in [2.24, 2.45) is 7.05 Å². The molecule has 38 heavy (non-hydrogen) atoms. The predicted molar refractivity (Wildman–Crippen MR) is 146 cm³/mol. The number of anilines is 3. The van der Waals surface area contributed by atoms with E-state index in [-0.39, 0.29) is 12.6 Å². The number of hydrogen-bond acceptors (Lipinski definition) is 9. The monoisotopic (exact) mass is 554 g/mol. The molecule has 6 rings (SSSR count). The summed E-state index contributed by atoms with van der Waals surface area (Å²) in [7, 11) is -1.82. The number of hydrogen-bond donors (Lipinski definition) is 1.